The standard InChI is InChI=1S/C21H12N2O4S2/c1-26-20(25)13-5-2-12(3-6-13)4-7-14-10-22-11-15-8-16(27-18(14)15)9-17-19(24)23-21(28)29-17/h2-3,5-6,8-11H,1H3,(H,23,24,28). The van der Waals surface area contributed by atoms with Crippen molar-refractivity contribution in [2.45, 2.75) is 0 Å². The first-order chi connectivity index (χ1) is 14.0. The van der Waals surface area contributed by atoms with Gasteiger partial charge in [-0.25, -0.2) is 4.79 Å². The van der Waals surface area contributed by atoms with E-state index in [0.717, 1.165) is 10.9 Å². The summed E-state index contributed by atoms with van der Waals surface area (Å²) in [4.78, 5) is 28.0. The van der Waals surface area contributed by atoms with Gasteiger partial charge in [0.2, 0.25) is 0 Å². The lowest BCUT2D eigenvalue weighted by Gasteiger charge is -1.98. The van der Waals surface area contributed by atoms with Crippen LogP contribution in [-0.2, 0) is 9.53 Å². The Bertz CT molecular complexity index is 1250. The van der Waals surface area contributed by atoms with Gasteiger partial charge in [-0.1, -0.05) is 35.8 Å². The number of carbonyl (C=O) groups is 2. The molecule has 2 aromatic heterocycles. The largest absolute Gasteiger partial charge is 0.465 e. The zero-order valence-corrected chi connectivity index (χ0v) is 16.6. The van der Waals surface area contributed by atoms with Crippen LogP contribution in [0, 0.1) is 11.8 Å². The van der Waals surface area contributed by atoms with Gasteiger partial charge in [0, 0.05) is 29.4 Å². The van der Waals surface area contributed by atoms with Gasteiger partial charge in [0.05, 0.1) is 23.1 Å². The van der Waals surface area contributed by atoms with E-state index in [9.17, 15) is 9.59 Å². The number of furan rings is 1. The molecule has 0 radical (unpaired) electrons. The number of thiocarbonyl (C=S) groups is 1. The topological polar surface area (TPSA) is 81.4 Å². The van der Waals surface area contributed by atoms with Crippen molar-refractivity contribution in [1.82, 2.24) is 10.3 Å². The molecule has 1 fully saturated rings. The number of nitrogens with one attached hydrogen (secondary N) is 1. The van der Waals surface area contributed by atoms with Crippen LogP contribution in [-0.4, -0.2) is 28.3 Å². The van der Waals surface area contributed by atoms with E-state index >= 15 is 0 Å². The quantitative estimate of drug-likeness (QED) is 0.294. The number of aromatic nitrogens is 1. The van der Waals surface area contributed by atoms with Crippen molar-refractivity contribution in [3.05, 3.63) is 70.1 Å². The van der Waals surface area contributed by atoms with Gasteiger partial charge in [-0.05, 0) is 30.3 Å². The Morgan fingerprint density at radius 3 is 2.76 bits per heavy atom. The van der Waals surface area contributed by atoms with E-state index in [0.29, 0.717) is 31.7 Å². The number of fused-ring (bicyclic) bond motifs is 1. The highest BCUT2D eigenvalue weighted by Gasteiger charge is 2.22. The molecule has 0 bridgehead atoms. The van der Waals surface area contributed by atoms with E-state index in [-0.39, 0.29) is 5.91 Å². The first-order valence-corrected chi connectivity index (χ1v) is 9.59. The monoisotopic (exact) mass is 420 g/mol. The minimum Gasteiger partial charge on any atom is -0.465 e. The molecule has 1 aliphatic heterocycles. The number of rotatable bonds is 2. The van der Waals surface area contributed by atoms with Gasteiger partial charge in [-0.2, -0.15) is 0 Å². The van der Waals surface area contributed by atoms with Crippen LogP contribution in [0.2, 0.25) is 0 Å². The van der Waals surface area contributed by atoms with Crippen LogP contribution in [0.15, 0.2) is 52.0 Å². The number of hydrogen-bond donors (Lipinski definition) is 1. The van der Waals surface area contributed by atoms with E-state index in [2.05, 4.69) is 26.9 Å². The Morgan fingerprint density at radius 2 is 2.07 bits per heavy atom. The highest BCUT2D eigenvalue weighted by atomic mass is 32.2. The molecule has 142 valence electrons. The minimum atomic E-state index is -0.398. The zero-order chi connectivity index (χ0) is 20.4. The molecule has 3 heterocycles. The molecule has 4 rings (SSSR count). The van der Waals surface area contributed by atoms with Gasteiger partial charge in [-0.3, -0.25) is 9.78 Å². The van der Waals surface area contributed by atoms with Crippen LogP contribution in [0.4, 0.5) is 0 Å². The summed E-state index contributed by atoms with van der Waals surface area (Å²) in [5.41, 5.74) is 2.38. The molecule has 0 unspecified atom stereocenters. The number of pyridine rings is 1. The number of benzene rings is 1. The molecule has 8 heteroatoms. The molecule has 29 heavy (non-hydrogen) atoms. The van der Waals surface area contributed by atoms with E-state index in [1.807, 2.05) is 0 Å². The summed E-state index contributed by atoms with van der Waals surface area (Å²) in [6.45, 7) is 0. The third-order valence-corrected chi connectivity index (χ3v) is 5.17. The second-order valence-electron chi connectivity index (χ2n) is 5.93. The average molecular weight is 420 g/mol. The fourth-order valence-corrected chi connectivity index (χ4v) is 3.66. The normalized spacial score (nSPS) is 14.6. The zero-order valence-electron chi connectivity index (χ0n) is 15.0. The average Bonchev–Trinajstić information content (AvgIpc) is 3.28. The Hall–Kier alpha value is -3.41. The highest BCUT2D eigenvalue weighted by Crippen LogP contribution is 2.29. The lowest BCUT2D eigenvalue weighted by atomic mass is 10.1. The van der Waals surface area contributed by atoms with Gasteiger partial charge < -0.3 is 14.5 Å². The van der Waals surface area contributed by atoms with Crippen molar-refractivity contribution in [2.24, 2.45) is 0 Å². The van der Waals surface area contributed by atoms with Gasteiger partial charge in [0.1, 0.15) is 10.1 Å². The lowest BCUT2D eigenvalue weighted by Crippen LogP contribution is -2.17. The van der Waals surface area contributed by atoms with Crippen LogP contribution in [0.3, 0.4) is 0 Å². The first-order valence-electron chi connectivity index (χ1n) is 8.36. The van der Waals surface area contributed by atoms with Crippen molar-refractivity contribution < 1.29 is 18.7 Å². The number of thioether (sulfide) groups is 1. The van der Waals surface area contributed by atoms with Crippen molar-refractivity contribution in [3.63, 3.8) is 0 Å². The molecule has 0 saturated carbocycles. The van der Waals surface area contributed by atoms with Crippen LogP contribution < -0.4 is 5.32 Å². The second kappa shape index (κ2) is 7.91. The molecule has 0 spiro atoms. The van der Waals surface area contributed by atoms with E-state index in [1.54, 1.807) is 48.8 Å². The second-order valence-corrected chi connectivity index (χ2v) is 7.64. The molecule has 1 aliphatic rings. The van der Waals surface area contributed by atoms with E-state index in [4.69, 9.17) is 16.6 Å². The van der Waals surface area contributed by atoms with Crippen LogP contribution in [0.25, 0.3) is 17.0 Å². The molecular weight excluding hydrogens is 408 g/mol. The SMILES string of the molecule is COC(=O)c1ccc(C#Cc2cncc3cc(C=C4SC(=S)NC4=O)oc23)cc1. The van der Waals surface area contributed by atoms with Crippen LogP contribution in [0.5, 0.6) is 0 Å². The number of amides is 1. The highest BCUT2D eigenvalue weighted by molar-refractivity contribution is 8.26. The fourth-order valence-electron chi connectivity index (χ4n) is 2.64. The Kier molecular flexibility index (Phi) is 5.16. The molecular formula is C21H12N2O4S2. The Balaban J connectivity index is 1.64. The number of esters is 1. The van der Waals surface area contributed by atoms with E-state index in [1.165, 1.54) is 18.9 Å². The maximum atomic E-state index is 11.8. The Morgan fingerprint density at radius 1 is 1.28 bits per heavy atom. The lowest BCUT2D eigenvalue weighted by molar-refractivity contribution is -0.115. The summed E-state index contributed by atoms with van der Waals surface area (Å²) in [6.07, 6.45) is 4.93. The number of methoxy groups -OCH3 is 1. The maximum Gasteiger partial charge on any atom is 0.337 e. The molecule has 1 N–H and O–H groups in total. The molecule has 1 saturated heterocycles. The number of ether oxygens (including phenoxy) is 1. The van der Waals surface area contributed by atoms with Crippen molar-refractivity contribution in [3.8, 4) is 11.8 Å². The Labute approximate surface area is 175 Å². The third-order valence-electron chi connectivity index (χ3n) is 4.00. The van der Waals surface area contributed by atoms with Crippen molar-refractivity contribution >= 4 is 57.2 Å². The van der Waals surface area contributed by atoms with Gasteiger partial charge in [0.15, 0.2) is 5.58 Å². The molecule has 3 aromatic rings. The predicted octanol–water partition coefficient (Wildman–Crippen LogP) is 3.50. The maximum absolute atomic E-state index is 11.8. The van der Waals surface area contributed by atoms with Gasteiger partial charge >= 0.3 is 5.97 Å². The van der Waals surface area contributed by atoms with Crippen LogP contribution >= 0.6 is 24.0 Å². The third kappa shape index (κ3) is 4.06. The van der Waals surface area contributed by atoms with Gasteiger partial charge in [-0.15, -0.1) is 0 Å². The minimum absolute atomic E-state index is 0.242. The molecule has 0 aliphatic carbocycles. The molecule has 0 atom stereocenters. The predicted molar refractivity (Wildman–Crippen MR) is 114 cm³/mol. The van der Waals surface area contributed by atoms with Crippen molar-refractivity contribution in [1.29, 1.82) is 0 Å². The summed E-state index contributed by atoms with van der Waals surface area (Å²) in [5, 5.41) is 3.34. The summed E-state index contributed by atoms with van der Waals surface area (Å²) < 4.78 is 11.0. The van der Waals surface area contributed by atoms with Crippen molar-refractivity contribution in [2.75, 3.05) is 7.11 Å². The summed E-state index contributed by atoms with van der Waals surface area (Å²) in [6, 6.07) is 8.58. The smallest absolute Gasteiger partial charge is 0.337 e. The number of hydrogen-bond acceptors (Lipinski definition) is 7. The molecule has 1 amide bonds. The van der Waals surface area contributed by atoms with Crippen LogP contribution in [0.1, 0.15) is 27.2 Å². The number of nitrogens with zero attached hydrogens (tertiary/aromatic N) is 1. The van der Waals surface area contributed by atoms with Gasteiger partial charge in [0.25, 0.3) is 5.91 Å². The molecule has 6 nitrogen and oxygen atoms in total. The van der Waals surface area contributed by atoms with E-state index < -0.39 is 5.97 Å². The first kappa shape index (κ1) is 18.9. The number of carbonyl (C=O) groups excluding carboxylic acids is 2. The molecule has 1 aromatic carbocycles. The summed E-state index contributed by atoms with van der Waals surface area (Å²) >= 11 is 6.18. The summed E-state index contributed by atoms with van der Waals surface area (Å²) in [5.74, 6) is 5.95. The summed E-state index contributed by atoms with van der Waals surface area (Å²) in [7, 11) is 1.34. The fraction of sp³-hybridized carbons (Fsp3) is 0.0476.